The molecule has 1 saturated heterocycles. The minimum Gasteiger partial charge on any atom is -0.396 e. The molecule has 0 spiro atoms. The van der Waals surface area contributed by atoms with Gasteiger partial charge in [-0.15, -0.1) is 0 Å². The van der Waals surface area contributed by atoms with Crippen LogP contribution in [0.5, 0.6) is 0 Å². The summed E-state index contributed by atoms with van der Waals surface area (Å²) in [7, 11) is -3.21. The molecule has 1 atom stereocenters. The third-order valence-electron chi connectivity index (χ3n) is 3.56. The monoisotopic (exact) mass is 283 g/mol. The topological polar surface area (TPSA) is 57.6 Å². The second-order valence-corrected chi connectivity index (χ2v) is 7.15. The van der Waals surface area contributed by atoms with Gasteiger partial charge in [-0.2, -0.15) is 0 Å². The molecular formula is C14H21NO3S. The lowest BCUT2D eigenvalue weighted by Gasteiger charge is -2.21. The van der Waals surface area contributed by atoms with E-state index in [2.05, 4.69) is 4.90 Å². The summed E-state index contributed by atoms with van der Waals surface area (Å²) in [4.78, 5) is 2.50. The quantitative estimate of drug-likeness (QED) is 0.893. The van der Waals surface area contributed by atoms with Gasteiger partial charge in [0.1, 0.15) is 0 Å². The van der Waals surface area contributed by atoms with Crippen molar-refractivity contribution in [3.05, 3.63) is 24.3 Å². The van der Waals surface area contributed by atoms with Crippen LogP contribution in [0.2, 0.25) is 0 Å². The molecule has 1 unspecified atom stereocenters. The molecule has 1 heterocycles. The molecule has 0 aliphatic carbocycles. The van der Waals surface area contributed by atoms with Crippen LogP contribution >= 0.6 is 0 Å². The fourth-order valence-corrected chi connectivity index (χ4v) is 4.12. The van der Waals surface area contributed by atoms with Gasteiger partial charge in [-0.1, -0.05) is 19.1 Å². The van der Waals surface area contributed by atoms with E-state index in [1.165, 1.54) is 0 Å². The smallest absolute Gasteiger partial charge is 0.180 e. The molecule has 106 valence electrons. The van der Waals surface area contributed by atoms with E-state index in [1.54, 1.807) is 12.1 Å². The number of anilines is 1. The van der Waals surface area contributed by atoms with Crippen LogP contribution in [0.3, 0.4) is 0 Å². The number of benzene rings is 1. The first kappa shape index (κ1) is 14.3. The van der Waals surface area contributed by atoms with Gasteiger partial charge in [0.15, 0.2) is 9.84 Å². The Hall–Kier alpha value is -1.07. The molecule has 1 aromatic rings. The summed E-state index contributed by atoms with van der Waals surface area (Å²) >= 11 is 0. The molecule has 1 aliphatic heterocycles. The number of para-hydroxylation sites is 1. The molecule has 5 heteroatoms. The van der Waals surface area contributed by atoms with E-state index in [-0.39, 0.29) is 18.3 Å². The highest BCUT2D eigenvalue weighted by Crippen LogP contribution is 2.30. The maximum Gasteiger partial charge on any atom is 0.180 e. The lowest BCUT2D eigenvalue weighted by atomic mass is 10.1. The highest BCUT2D eigenvalue weighted by molar-refractivity contribution is 7.91. The average Bonchev–Trinajstić information content (AvgIpc) is 2.87. The minimum absolute atomic E-state index is 0.167. The van der Waals surface area contributed by atoms with Crippen LogP contribution in [0.4, 0.5) is 5.69 Å². The van der Waals surface area contributed by atoms with E-state index in [4.69, 9.17) is 0 Å². The van der Waals surface area contributed by atoms with Crippen LogP contribution in [0.25, 0.3) is 0 Å². The van der Waals surface area contributed by atoms with E-state index in [0.717, 1.165) is 25.2 Å². The number of hydrogen-bond acceptors (Lipinski definition) is 4. The lowest BCUT2D eigenvalue weighted by molar-refractivity contribution is 0.238. The Bertz CT molecular complexity index is 527. The molecule has 0 aromatic heterocycles. The molecule has 1 aromatic carbocycles. The van der Waals surface area contributed by atoms with Crippen LogP contribution in [0.1, 0.15) is 19.8 Å². The van der Waals surface area contributed by atoms with Gasteiger partial charge in [0.05, 0.1) is 16.3 Å². The Balaban J connectivity index is 2.32. The molecular weight excluding hydrogens is 262 g/mol. The molecule has 0 saturated carbocycles. The maximum atomic E-state index is 12.3. The number of sulfone groups is 1. The molecule has 4 nitrogen and oxygen atoms in total. The Morgan fingerprint density at radius 2 is 2.11 bits per heavy atom. The summed E-state index contributed by atoms with van der Waals surface area (Å²) in [6.07, 6.45) is 1.54. The number of rotatable bonds is 5. The highest BCUT2D eigenvalue weighted by Gasteiger charge is 2.26. The third-order valence-corrected chi connectivity index (χ3v) is 5.52. The van der Waals surface area contributed by atoms with Crippen molar-refractivity contribution in [2.75, 3.05) is 30.3 Å². The molecule has 0 bridgehead atoms. The van der Waals surface area contributed by atoms with Gasteiger partial charge in [-0.3, -0.25) is 0 Å². The SMILES string of the molecule is CCCS(=O)(=O)c1ccccc1N1CCC(CO)C1. The number of aliphatic hydroxyl groups is 1. The molecule has 19 heavy (non-hydrogen) atoms. The number of nitrogens with zero attached hydrogens (tertiary/aromatic N) is 1. The zero-order valence-corrected chi connectivity index (χ0v) is 12.1. The van der Waals surface area contributed by atoms with E-state index >= 15 is 0 Å². The van der Waals surface area contributed by atoms with Crippen molar-refractivity contribution in [2.24, 2.45) is 5.92 Å². The van der Waals surface area contributed by atoms with Crippen LogP contribution < -0.4 is 4.90 Å². The summed E-state index contributed by atoms with van der Waals surface area (Å²) in [5.41, 5.74) is 0.784. The Kier molecular flexibility index (Phi) is 4.47. The Labute approximate surface area is 115 Å². The first-order chi connectivity index (χ1) is 9.08. The van der Waals surface area contributed by atoms with Gasteiger partial charge >= 0.3 is 0 Å². The van der Waals surface area contributed by atoms with Crippen LogP contribution in [0.15, 0.2) is 29.2 Å². The summed E-state index contributed by atoms with van der Waals surface area (Å²) < 4.78 is 24.6. The summed E-state index contributed by atoms with van der Waals surface area (Å²) in [6.45, 7) is 3.58. The van der Waals surface area contributed by atoms with Crippen molar-refractivity contribution in [3.63, 3.8) is 0 Å². The van der Waals surface area contributed by atoms with Crippen molar-refractivity contribution < 1.29 is 13.5 Å². The van der Waals surface area contributed by atoms with Crippen molar-refractivity contribution in [3.8, 4) is 0 Å². The second-order valence-electron chi connectivity index (χ2n) is 5.07. The van der Waals surface area contributed by atoms with Crippen molar-refractivity contribution in [1.82, 2.24) is 0 Å². The van der Waals surface area contributed by atoms with Gasteiger partial charge in [0.2, 0.25) is 0 Å². The molecule has 0 amide bonds. The van der Waals surface area contributed by atoms with Crippen LogP contribution in [-0.2, 0) is 9.84 Å². The summed E-state index contributed by atoms with van der Waals surface area (Å²) in [5.74, 6) is 0.434. The summed E-state index contributed by atoms with van der Waals surface area (Å²) in [5, 5.41) is 9.20. The largest absolute Gasteiger partial charge is 0.396 e. The highest BCUT2D eigenvalue weighted by atomic mass is 32.2. The van der Waals surface area contributed by atoms with Gasteiger partial charge in [-0.25, -0.2) is 8.42 Å². The molecule has 1 fully saturated rings. The molecule has 1 N–H and O–H groups in total. The minimum atomic E-state index is -3.21. The van der Waals surface area contributed by atoms with E-state index < -0.39 is 9.84 Å². The Morgan fingerprint density at radius 1 is 1.37 bits per heavy atom. The molecule has 0 radical (unpaired) electrons. The predicted molar refractivity (Wildman–Crippen MR) is 76.2 cm³/mol. The first-order valence-corrected chi connectivity index (χ1v) is 8.41. The second kappa shape index (κ2) is 5.92. The average molecular weight is 283 g/mol. The van der Waals surface area contributed by atoms with E-state index in [9.17, 15) is 13.5 Å². The van der Waals surface area contributed by atoms with E-state index in [0.29, 0.717) is 11.3 Å². The molecule has 2 rings (SSSR count). The van der Waals surface area contributed by atoms with Crippen molar-refractivity contribution in [1.29, 1.82) is 0 Å². The number of hydrogen-bond donors (Lipinski definition) is 1. The Morgan fingerprint density at radius 3 is 2.74 bits per heavy atom. The van der Waals surface area contributed by atoms with Crippen LogP contribution in [-0.4, -0.2) is 39.0 Å². The van der Waals surface area contributed by atoms with Crippen molar-refractivity contribution >= 4 is 15.5 Å². The standard InChI is InChI=1S/C14H21NO3S/c1-2-9-19(17,18)14-6-4-3-5-13(14)15-8-7-12(10-15)11-16/h3-6,12,16H,2,7-11H2,1H3. The van der Waals surface area contributed by atoms with Gasteiger partial charge in [-0.05, 0) is 25.0 Å². The zero-order chi connectivity index (χ0) is 13.9. The normalized spacial score (nSPS) is 19.9. The van der Waals surface area contributed by atoms with Gasteiger partial charge in [0.25, 0.3) is 0 Å². The first-order valence-electron chi connectivity index (χ1n) is 6.76. The number of aliphatic hydroxyl groups excluding tert-OH is 1. The van der Waals surface area contributed by atoms with Gasteiger partial charge < -0.3 is 10.0 Å². The lowest BCUT2D eigenvalue weighted by Crippen LogP contribution is -2.23. The summed E-state index contributed by atoms with van der Waals surface area (Å²) in [6, 6.07) is 7.19. The van der Waals surface area contributed by atoms with E-state index in [1.807, 2.05) is 19.1 Å². The third kappa shape index (κ3) is 3.09. The zero-order valence-electron chi connectivity index (χ0n) is 11.2. The fraction of sp³-hybridized carbons (Fsp3) is 0.571. The predicted octanol–water partition coefficient (Wildman–Crippen LogP) is 1.69. The van der Waals surface area contributed by atoms with Crippen molar-refractivity contribution in [2.45, 2.75) is 24.7 Å². The fourth-order valence-electron chi connectivity index (χ4n) is 2.56. The maximum absolute atomic E-state index is 12.3. The molecule has 1 aliphatic rings. The van der Waals surface area contributed by atoms with Crippen LogP contribution in [0, 0.1) is 5.92 Å². The van der Waals surface area contributed by atoms with Gasteiger partial charge in [0, 0.05) is 25.6 Å².